The zero-order chi connectivity index (χ0) is 8.43. The summed E-state index contributed by atoms with van der Waals surface area (Å²) in [5.41, 5.74) is 0.0509. The predicted molar refractivity (Wildman–Crippen MR) is 39.2 cm³/mol. The zero-order valence-corrected chi connectivity index (χ0v) is 6.52. The fourth-order valence-electron chi connectivity index (χ4n) is 0.646. The van der Waals surface area contributed by atoms with E-state index >= 15 is 0 Å². The summed E-state index contributed by atoms with van der Waals surface area (Å²) in [6.45, 7) is 1.30. The van der Waals surface area contributed by atoms with E-state index in [-0.39, 0.29) is 16.5 Å². The molecule has 0 bridgehead atoms. The lowest BCUT2D eigenvalue weighted by Gasteiger charge is -1.94. The number of carbonyl (C=O) groups is 1. The van der Waals surface area contributed by atoms with E-state index in [4.69, 9.17) is 11.6 Å². The summed E-state index contributed by atoms with van der Waals surface area (Å²) in [5, 5.41) is 0.183. The Morgan fingerprint density at radius 1 is 1.64 bits per heavy atom. The van der Waals surface area contributed by atoms with Crippen molar-refractivity contribution < 1.29 is 9.18 Å². The molecule has 2 nitrogen and oxygen atoms in total. The number of hydrogen-bond acceptors (Lipinski definition) is 2. The van der Waals surface area contributed by atoms with Gasteiger partial charge in [-0.15, -0.1) is 0 Å². The normalized spacial score (nSPS) is 9.73. The van der Waals surface area contributed by atoms with Crippen LogP contribution in [0.25, 0.3) is 0 Å². The van der Waals surface area contributed by atoms with Gasteiger partial charge in [-0.25, -0.2) is 4.98 Å². The summed E-state index contributed by atoms with van der Waals surface area (Å²) in [6, 6.07) is 2.38. The average molecular weight is 174 g/mol. The molecule has 0 radical (unpaired) electrons. The molecule has 0 unspecified atom stereocenters. The Bertz CT molecular complexity index is 280. The van der Waals surface area contributed by atoms with Crippen molar-refractivity contribution in [1.29, 1.82) is 0 Å². The molecule has 0 N–H and O–H groups in total. The van der Waals surface area contributed by atoms with Crippen LogP contribution >= 0.6 is 11.6 Å². The number of halogens is 2. The third-order valence-corrected chi connectivity index (χ3v) is 1.34. The van der Waals surface area contributed by atoms with Crippen molar-refractivity contribution in [3.05, 3.63) is 28.8 Å². The second-order valence-corrected chi connectivity index (χ2v) is 2.49. The monoisotopic (exact) mass is 173 g/mol. The minimum absolute atomic E-state index is 0.0509. The number of ketones is 1. The predicted octanol–water partition coefficient (Wildman–Crippen LogP) is 2.08. The fourth-order valence-corrected chi connectivity index (χ4v) is 0.839. The van der Waals surface area contributed by atoms with Gasteiger partial charge in [-0.1, -0.05) is 11.6 Å². The average Bonchev–Trinajstić information content (AvgIpc) is 1.85. The maximum Gasteiger partial charge on any atom is 0.214 e. The highest BCUT2D eigenvalue weighted by molar-refractivity contribution is 6.30. The fraction of sp³-hybridized carbons (Fsp3) is 0.143. The highest BCUT2D eigenvalue weighted by atomic mass is 35.5. The van der Waals surface area contributed by atoms with Gasteiger partial charge in [0.05, 0.1) is 0 Å². The third kappa shape index (κ3) is 1.98. The molecule has 0 amide bonds. The summed E-state index contributed by atoms with van der Waals surface area (Å²) >= 11 is 5.46. The number of pyridine rings is 1. The molecule has 0 saturated carbocycles. The van der Waals surface area contributed by atoms with E-state index in [1.165, 1.54) is 13.0 Å². The summed E-state index contributed by atoms with van der Waals surface area (Å²) in [7, 11) is 0. The Labute approximate surface area is 68.0 Å². The van der Waals surface area contributed by atoms with Crippen LogP contribution in [0, 0.1) is 5.95 Å². The van der Waals surface area contributed by atoms with Crippen molar-refractivity contribution >= 4 is 17.4 Å². The van der Waals surface area contributed by atoms with Gasteiger partial charge in [0.15, 0.2) is 5.78 Å². The van der Waals surface area contributed by atoms with Gasteiger partial charge >= 0.3 is 0 Å². The van der Waals surface area contributed by atoms with Crippen LogP contribution < -0.4 is 0 Å². The zero-order valence-electron chi connectivity index (χ0n) is 5.77. The van der Waals surface area contributed by atoms with Crippen LogP contribution in [0.5, 0.6) is 0 Å². The van der Waals surface area contributed by atoms with Crippen LogP contribution in [0.2, 0.25) is 5.02 Å². The quantitative estimate of drug-likeness (QED) is 0.481. The molecular formula is C7H5ClFNO. The Morgan fingerprint density at radius 3 is 2.73 bits per heavy atom. The molecule has 0 atom stereocenters. The molecule has 0 aromatic carbocycles. The first-order valence-corrected chi connectivity index (χ1v) is 3.31. The highest BCUT2D eigenvalue weighted by Crippen LogP contribution is 2.10. The lowest BCUT2D eigenvalue weighted by atomic mass is 10.3. The molecule has 0 aliphatic heterocycles. The molecule has 1 aromatic rings. The van der Waals surface area contributed by atoms with Crippen molar-refractivity contribution in [2.75, 3.05) is 0 Å². The van der Waals surface area contributed by atoms with E-state index in [2.05, 4.69) is 4.98 Å². The van der Waals surface area contributed by atoms with Gasteiger partial charge in [-0.2, -0.15) is 4.39 Å². The van der Waals surface area contributed by atoms with Crippen LogP contribution in [0.15, 0.2) is 12.1 Å². The summed E-state index contributed by atoms with van der Waals surface area (Å²) in [5.74, 6) is -1.03. The number of rotatable bonds is 1. The first kappa shape index (κ1) is 8.14. The van der Waals surface area contributed by atoms with Gasteiger partial charge in [-0.05, 0) is 6.07 Å². The molecule has 58 valence electrons. The molecule has 11 heavy (non-hydrogen) atoms. The van der Waals surface area contributed by atoms with Crippen LogP contribution in [0.3, 0.4) is 0 Å². The molecule has 0 aliphatic rings. The van der Waals surface area contributed by atoms with Gasteiger partial charge in [0.1, 0.15) is 5.69 Å². The van der Waals surface area contributed by atoms with Gasteiger partial charge in [0.25, 0.3) is 0 Å². The molecule has 0 saturated heterocycles. The van der Waals surface area contributed by atoms with Gasteiger partial charge in [0, 0.05) is 18.0 Å². The summed E-state index contributed by atoms with van der Waals surface area (Å²) in [6.07, 6.45) is 0. The molecule has 1 heterocycles. The Hall–Kier alpha value is -0.960. The standard InChI is InChI=1S/C7H5ClFNO/c1-4(11)6-2-5(8)3-7(9)10-6/h2-3H,1H3. The Morgan fingerprint density at radius 2 is 2.27 bits per heavy atom. The second-order valence-electron chi connectivity index (χ2n) is 2.05. The minimum Gasteiger partial charge on any atom is -0.293 e. The Balaban J connectivity index is 3.19. The molecule has 1 rings (SSSR count). The first-order chi connectivity index (χ1) is 5.09. The molecular weight excluding hydrogens is 169 g/mol. The smallest absolute Gasteiger partial charge is 0.214 e. The van der Waals surface area contributed by atoms with Crippen molar-refractivity contribution in [1.82, 2.24) is 4.98 Å². The summed E-state index contributed by atoms with van der Waals surface area (Å²) < 4.78 is 12.4. The number of hydrogen-bond donors (Lipinski definition) is 0. The van der Waals surface area contributed by atoms with E-state index in [0.717, 1.165) is 6.07 Å². The molecule has 0 fully saturated rings. The minimum atomic E-state index is -0.734. The highest BCUT2D eigenvalue weighted by Gasteiger charge is 2.04. The molecule has 0 aliphatic carbocycles. The largest absolute Gasteiger partial charge is 0.293 e. The summed E-state index contributed by atoms with van der Waals surface area (Å²) in [4.78, 5) is 14.0. The lowest BCUT2D eigenvalue weighted by Crippen LogP contribution is -1.98. The molecule has 1 aromatic heterocycles. The lowest BCUT2D eigenvalue weighted by molar-refractivity contribution is 0.101. The Kier molecular flexibility index (Phi) is 2.19. The van der Waals surface area contributed by atoms with Gasteiger partial charge < -0.3 is 0 Å². The van der Waals surface area contributed by atoms with E-state index in [0.29, 0.717) is 0 Å². The first-order valence-electron chi connectivity index (χ1n) is 2.93. The van der Waals surface area contributed by atoms with E-state index < -0.39 is 5.95 Å². The number of nitrogens with zero attached hydrogens (tertiary/aromatic N) is 1. The molecule has 0 spiro atoms. The molecule has 4 heteroatoms. The van der Waals surface area contributed by atoms with Crippen molar-refractivity contribution in [3.63, 3.8) is 0 Å². The van der Waals surface area contributed by atoms with Crippen molar-refractivity contribution in [2.24, 2.45) is 0 Å². The maximum atomic E-state index is 12.4. The van der Waals surface area contributed by atoms with Crippen LogP contribution in [-0.2, 0) is 0 Å². The van der Waals surface area contributed by atoms with Crippen molar-refractivity contribution in [2.45, 2.75) is 6.92 Å². The number of aromatic nitrogens is 1. The number of carbonyl (C=O) groups excluding carboxylic acids is 1. The van der Waals surface area contributed by atoms with Crippen LogP contribution in [-0.4, -0.2) is 10.8 Å². The maximum absolute atomic E-state index is 12.4. The van der Waals surface area contributed by atoms with E-state index in [1.54, 1.807) is 0 Å². The van der Waals surface area contributed by atoms with E-state index in [9.17, 15) is 9.18 Å². The van der Waals surface area contributed by atoms with Crippen LogP contribution in [0.1, 0.15) is 17.4 Å². The van der Waals surface area contributed by atoms with Crippen LogP contribution in [0.4, 0.5) is 4.39 Å². The van der Waals surface area contributed by atoms with Gasteiger partial charge in [-0.3, -0.25) is 4.79 Å². The topological polar surface area (TPSA) is 30.0 Å². The van der Waals surface area contributed by atoms with Crippen molar-refractivity contribution in [3.8, 4) is 0 Å². The number of Topliss-reactive ketones (excluding diaryl/α,β-unsaturated/α-hetero) is 1. The van der Waals surface area contributed by atoms with E-state index in [1.807, 2.05) is 0 Å². The SMILES string of the molecule is CC(=O)c1cc(Cl)cc(F)n1. The second kappa shape index (κ2) is 2.96. The third-order valence-electron chi connectivity index (χ3n) is 1.12. The van der Waals surface area contributed by atoms with Gasteiger partial charge in [0.2, 0.25) is 5.95 Å².